The molecule has 35 heavy (non-hydrogen) atoms. The van der Waals surface area contributed by atoms with Gasteiger partial charge in [0.05, 0.1) is 24.3 Å². The van der Waals surface area contributed by atoms with Crippen LogP contribution >= 0.6 is 0 Å². The highest BCUT2D eigenvalue weighted by atomic mass is 19.1. The molecule has 8 heteroatoms. The number of halogens is 2. The average molecular weight is 487 g/mol. The van der Waals surface area contributed by atoms with E-state index >= 15 is 0 Å². The van der Waals surface area contributed by atoms with Gasteiger partial charge in [-0.05, 0) is 67.5 Å². The Balaban J connectivity index is 1.29. The Hall–Kier alpha value is -2.84. The molecule has 2 saturated heterocycles. The summed E-state index contributed by atoms with van der Waals surface area (Å²) in [6.45, 7) is 1.27. The molecule has 2 heterocycles. The smallest absolute Gasteiger partial charge is 0.220 e. The number of hydrogen-bond acceptors (Lipinski definition) is 4. The van der Waals surface area contributed by atoms with Crippen LogP contribution in [0.4, 0.5) is 8.78 Å². The molecule has 4 atom stereocenters. The van der Waals surface area contributed by atoms with Crippen LogP contribution in [0.3, 0.4) is 0 Å². The molecule has 0 bridgehead atoms. The van der Waals surface area contributed by atoms with Crippen LogP contribution < -0.4 is 10.6 Å². The maximum atomic E-state index is 13.4. The summed E-state index contributed by atoms with van der Waals surface area (Å²) in [5, 5.41) is 6.02. The van der Waals surface area contributed by atoms with Crippen molar-refractivity contribution >= 4 is 11.8 Å². The highest BCUT2D eigenvalue weighted by molar-refractivity contribution is 5.79. The van der Waals surface area contributed by atoms with Gasteiger partial charge < -0.3 is 20.1 Å². The third kappa shape index (κ3) is 7.08. The molecule has 2 aromatic carbocycles. The summed E-state index contributed by atoms with van der Waals surface area (Å²) in [6, 6.07) is 11.4. The second-order valence-electron chi connectivity index (χ2n) is 9.15. The van der Waals surface area contributed by atoms with E-state index in [2.05, 4.69) is 10.6 Å². The fraction of sp³-hybridized carbons (Fsp3) is 0.481. The van der Waals surface area contributed by atoms with Crippen LogP contribution in [0.15, 0.2) is 48.5 Å². The summed E-state index contributed by atoms with van der Waals surface area (Å²) in [5.41, 5.74) is 1.59. The number of amides is 2. The molecule has 0 spiro atoms. The van der Waals surface area contributed by atoms with Gasteiger partial charge >= 0.3 is 0 Å². The minimum Gasteiger partial charge on any atom is -0.376 e. The topological polar surface area (TPSA) is 76.7 Å². The van der Waals surface area contributed by atoms with E-state index in [0.29, 0.717) is 19.6 Å². The van der Waals surface area contributed by atoms with Gasteiger partial charge in [0, 0.05) is 26.1 Å². The van der Waals surface area contributed by atoms with Gasteiger partial charge in [-0.2, -0.15) is 0 Å². The van der Waals surface area contributed by atoms with Crippen LogP contribution in [-0.2, 0) is 19.1 Å². The molecule has 2 aliphatic heterocycles. The third-order valence-corrected chi connectivity index (χ3v) is 6.57. The maximum absolute atomic E-state index is 13.4. The molecular weight excluding hydrogens is 454 g/mol. The molecule has 2 N–H and O–H groups in total. The zero-order valence-corrected chi connectivity index (χ0v) is 19.7. The third-order valence-electron chi connectivity index (χ3n) is 6.57. The Morgan fingerprint density at radius 1 is 0.743 bits per heavy atom. The highest BCUT2D eigenvalue weighted by Gasteiger charge is 2.30. The predicted molar refractivity (Wildman–Crippen MR) is 126 cm³/mol. The Labute approximate surface area is 204 Å². The summed E-state index contributed by atoms with van der Waals surface area (Å²) < 4.78 is 38.3. The van der Waals surface area contributed by atoms with Crippen molar-refractivity contribution in [3.05, 3.63) is 71.3 Å². The van der Waals surface area contributed by atoms with Crippen LogP contribution in [0.5, 0.6) is 0 Å². The fourth-order valence-corrected chi connectivity index (χ4v) is 4.75. The van der Waals surface area contributed by atoms with E-state index in [9.17, 15) is 18.4 Å². The predicted octanol–water partition coefficient (Wildman–Crippen LogP) is 4.51. The quantitative estimate of drug-likeness (QED) is 0.518. The molecule has 2 aromatic rings. The van der Waals surface area contributed by atoms with Crippen LogP contribution in [0.1, 0.15) is 68.2 Å². The summed E-state index contributed by atoms with van der Waals surface area (Å²) in [6.07, 6.45) is 3.89. The molecule has 0 radical (unpaired) electrons. The van der Waals surface area contributed by atoms with Gasteiger partial charge in [0.2, 0.25) is 11.8 Å². The second kappa shape index (κ2) is 12.2. The summed E-state index contributed by atoms with van der Waals surface area (Å²) >= 11 is 0. The summed E-state index contributed by atoms with van der Waals surface area (Å²) in [5.74, 6) is -1.04. The number of rotatable bonds is 10. The Morgan fingerprint density at radius 2 is 1.14 bits per heavy atom. The molecule has 4 unspecified atom stereocenters. The van der Waals surface area contributed by atoms with Crippen molar-refractivity contribution in [2.45, 2.75) is 69.2 Å². The molecule has 2 amide bonds. The van der Waals surface area contributed by atoms with Crippen molar-refractivity contribution < 1.29 is 27.8 Å². The van der Waals surface area contributed by atoms with Crippen molar-refractivity contribution in [3.63, 3.8) is 0 Å². The lowest BCUT2D eigenvalue weighted by Crippen LogP contribution is -2.37. The number of benzene rings is 2. The first-order valence-electron chi connectivity index (χ1n) is 12.3. The van der Waals surface area contributed by atoms with E-state index in [1.54, 1.807) is 24.3 Å². The molecule has 4 rings (SSSR count). The number of carbonyl (C=O) groups is 2. The minimum absolute atomic E-state index is 0.157. The molecular formula is C27H32F2N2O4. The lowest BCUT2D eigenvalue weighted by atomic mass is 9.98. The van der Waals surface area contributed by atoms with Gasteiger partial charge in [0.15, 0.2) is 0 Å². The van der Waals surface area contributed by atoms with Gasteiger partial charge in [0.1, 0.15) is 11.6 Å². The molecule has 6 nitrogen and oxygen atoms in total. The van der Waals surface area contributed by atoms with Crippen molar-refractivity contribution in [2.75, 3.05) is 13.2 Å². The Kier molecular flexibility index (Phi) is 8.82. The highest BCUT2D eigenvalue weighted by Crippen LogP contribution is 2.28. The normalized spacial score (nSPS) is 21.4. The largest absolute Gasteiger partial charge is 0.376 e. The summed E-state index contributed by atoms with van der Waals surface area (Å²) in [7, 11) is 0. The zero-order valence-electron chi connectivity index (χ0n) is 19.7. The van der Waals surface area contributed by atoms with E-state index < -0.39 is 0 Å². The van der Waals surface area contributed by atoms with Crippen molar-refractivity contribution in [1.82, 2.24) is 10.6 Å². The van der Waals surface area contributed by atoms with Crippen molar-refractivity contribution in [1.29, 1.82) is 0 Å². The molecule has 188 valence electrons. The monoisotopic (exact) mass is 486 g/mol. The Morgan fingerprint density at radius 3 is 1.49 bits per heavy atom. The molecule has 2 aliphatic rings. The molecule has 0 aliphatic carbocycles. The standard InChI is InChI=1S/C27H32F2N2O4/c28-20-12-8-18(9-13-20)26(22-4-2-16-34-22)30-24(32)6-1-7-25(33)31-27(23-5-3-17-35-23)19-10-14-21(29)15-11-19/h8-15,22-23,26-27H,1-7,16-17H2,(H,30,32)(H,31,33). The van der Waals surface area contributed by atoms with Crippen molar-refractivity contribution in [2.24, 2.45) is 0 Å². The number of nitrogens with one attached hydrogen (secondary N) is 2. The number of ether oxygens (including phenoxy) is 2. The van der Waals surface area contributed by atoms with Gasteiger partial charge in [-0.1, -0.05) is 24.3 Å². The maximum Gasteiger partial charge on any atom is 0.220 e. The van der Waals surface area contributed by atoms with E-state index in [1.165, 1.54) is 24.3 Å². The SMILES string of the molecule is O=C(CCCC(=O)NC(c1ccc(F)cc1)C1CCCO1)NC(c1ccc(F)cc1)C1CCCO1. The molecule has 0 aromatic heterocycles. The van der Waals surface area contributed by atoms with Gasteiger partial charge in [0.25, 0.3) is 0 Å². The lowest BCUT2D eigenvalue weighted by Gasteiger charge is -2.25. The van der Waals surface area contributed by atoms with E-state index in [4.69, 9.17) is 9.47 Å². The molecule has 2 fully saturated rings. The first-order valence-corrected chi connectivity index (χ1v) is 12.3. The minimum atomic E-state index is -0.359. The average Bonchev–Trinajstić information content (AvgIpc) is 3.57. The second-order valence-corrected chi connectivity index (χ2v) is 9.15. The Bertz CT molecular complexity index is 892. The fourth-order valence-electron chi connectivity index (χ4n) is 4.75. The van der Waals surface area contributed by atoms with E-state index in [1.807, 2.05) is 0 Å². The van der Waals surface area contributed by atoms with Crippen LogP contribution in [-0.4, -0.2) is 37.2 Å². The first kappa shape index (κ1) is 25.3. The lowest BCUT2D eigenvalue weighted by molar-refractivity contribution is -0.124. The molecule has 0 saturated carbocycles. The van der Waals surface area contributed by atoms with Crippen molar-refractivity contribution in [3.8, 4) is 0 Å². The van der Waals surface area contributed by atoms with Gasteiger partial charge in [-0.15, -0.1) is 0 Å². The number of carbonyl (C=O) groups excluding carboxylic acids is 2. The van der Waals surface area contributed by atoms with Crippen LogP contribution in [0, 0.1) is 11.6 Å². The summed E-state index contributed by atoms with van der Waals surface area (Å²) in [4.78, 5) is 25.4. The van der Waals surface area contributed by atoms with Crippen LogP contribution in [0.2, 0.25) is 0 Å². The zero-order chi connectivity index (χ0) is 24.6. The first-order chi connectivity index (χ1) is 17.0. The van der Waals surface area contributed by atoms with E-state index in [-0.39, 0.29) is 60.6 Å². The van der Waals surface area contributed by atoms with Crippen LogP contribution in [0.25, 0.3) is 0 Å². The van der Waals surface area contributed by atoms with E-state index in [0.717, 1.165) is 36.8 Å². The number of hydrogen-bond donors (Lipinski definition) is 2. The van der Waals surface area contributed by atoms with Gasteiger partial charge in [-0.25, -0.2) is 8.78 Å². The van der Waals surface area contributed by atoms with Gasteiger partial charge in [-0.3, -0.25) is 9.59 Å².